The van der Waals surface area contributed by atoms with Crippen LogP contribution in [0.3, 0.4) is 0 Å². The van der Waals surface area contributed by atoms with Gasteiger partial charge in [0, 0.05) is 6.42 Å². The predicted molar refractivity (Wildman–Crippen MR) is 53.2 cm³/mol. The molecule has 0 saturated heterocycles. The van der Waals surface area contributed by atoms with Crippen LogP contribution in [0.5, 0.6) is 0 Å². The van der Waals surface area contributed by atoms with Gasteiger partial charge in [-0.3, -0.25) is 0 Å². The van der Waals surface area contributed by atoms with Crippen LogP contribution in [0, 0.1) is 5.92 Å². The van der Waals surface area contributed by atoms with Gasteiger partial charge in [0.25, 0.3) is 0 Å². The molecule has 0 amide bonds. The first kappa shape index (κ1) is 11.7. The summed E-state index contributed by atoms with van der Waals surface area (Å²) in [5.41, 5.74) is 0. The molecule has 0 aromatic rings. The normalized spacial score (nSPS) is 12.9. The van der Waals surface area contributed by atoms with Crippen molar-refractivity contribution in [2.45, 2.75) is 59.3 Å². The molecule has 1 unspecified atom stereocenters. The van der Waals surface area contributed by atoms with Gasteiger partial charge in [0.2, 0.25) is 0 Å². The summed E-state index contributed by atoms with van der Waals surface area (Å²) in [5.74, 6) is 1.01. The van der Waals surface area contributed by atoms with Crippen molar-refractivity contribution < 1.29 is 4.79 Å². The molecule has 1 atom stereocenters. The summed E-state index contributed by atoms with van der Waals surface area (Å²) in [5, 5.41) is 0. The Labute approximate surface area is 76.6 Å². The molecule has 12 heavy (non-hydrogen) atoms. The number of hydrogen-bond acceptors (Lipinski definition) is 1. The van der Waals surface area contributed by atoms with E-state index in [1.807, 2.05) is 0 Å². The van der Waals surface area contributed by atoms with Crippen LogP contribution in [-0.2, 0) is 4.79 Å². The second kappa shape index (κ2) is 7.33. The summed E-state index contributed by atoms with van der Waals surface area (Å²) in [6.45, 7) is 6.10. The number of Topliss-reactive ketones (excluding diaryl/α,β-unsaturated/α-hetero) is 1. The third-order valence-corrected chi connectivity index (χ3v) is 2.24. The number of ketones is 1. The van der Waals surface area contributed by atoms with Crippen LogP contribution in [0.15, 0.2) is 0 Å². The number of carbonyl (C=O) groups excluding carboxylic acids is 1. The van der Waals surface area contributed by atoms with Crippen LogP contribution in [0.25, 0.3) is 0 Å². The Morgan fingerprint density at radius 3 is 2.25 bits per heavy atom. The van der Waals surface area contributed by atoms with Gasteiger partial charge in [0.1, 0.15) is 5.78 Å². The summed E-state index contributed by atoms with van der Waals surface area (Å²) in [4.78, 5) is 10.9. The maximum absolute atomic E-state index is 10.9. The lowest BCUT2D eigenvalue weighted by Crippen LogP contribution is -2.05. The lowest BCUT2D eigenvalue weighted by atomic mass is 9.92. The minimum Gasteiger partial charge on any atom is -0.300 e. The average Bonchev–Trinajstić information content (AvgIpc) is 2.00. The maximum atomic E-state index is 10.9. The first-order valence-corrected chi connectivity index (χ1v) is 5.20. The van der Waals surface area contributed by atoms with Gasteiger partial charge in [-0.1, -0.05) is 46.0 Å². The van der Waals surface area contributed by atoms with E-state index in [1.165, 1.54) is 32.1 Å². The van der Waals surface area contributed by atoms with E-state index in [1.54, 1.807) is 6.92 Å². The summed E-state index contributed by atoms with van der Waals surface area (Å²) >= 11 is 0. The quantitative estimate of drug-likeness (QED) is 0.571. The van der Waals surface area contributed by atoms with Gasteiger partial charge in [-0.25, -0.2) is 0 Å². The fourth-order valence-corrected chi connectivity index (χ4v) is 1.66. The molecule has 0 radical (unpaired) electrons. The van der Waals surface area contributed by atoms with Gasteiger partial charge in [0.05, 0.1) is 0 Å². The Balaban J connectivity index is 3.61. The lowest BCUT2D eigenvalue weighted by molar-refractivity contribution is -0.118. The molecule has 0 aliphatic carbocycles. The third kappa shape index (κ3) is 6.38. The largest absolute Gasteiger partial charge is 0.300 e. The maximum Gasteiger partial charge on any atom is 0.130 e. The van der Waals surface area contributed by atoms with E-state index in [0.717, 1.165) is 6.42 Å². The van der Waals surface area contributed by atoms with Crippen molar-refractivity contribution in [3.63, 3.8) is 0 Å². The highest BCUT2D eigenvalue weighted by Gasteiger charge is 2.09. The minimum atomic E-state index is 0.351. The number of carbonyl (C=O) groups is 1. The average molecular weight is 170 g/mol. The molecule has 0 aliphatic rings. The van der Waals surface area contributed by atoms with Crippen molar-refractivity contribution in [3.05, 3.63) is 0 Å². The fraction of sp³-hybridized carbons (Fsp3) is 0.909. The van der Waals surface area contributed by atoms with E-state index in [9.17, 15) is 4.79 Å². The zero-order valence-electron chi connectivity index (χ0n) is 8.73. The van der Waals surface area contributed by atoms with Crippen LogP contribution in [0.4, 0.5) is 0 Å². The van der Waals surface area contributed by atoms with E-state index in [0.29, 0.717) is 11.7 Å². The zero-order chi connectivity index (χ0) is 9.40. The lowest BCUT2D eigenvalue weighted by Gasteiger charge is -2.13. The van der Waals surface area contributed by atoms with E-state index in [2.05, 4.69) is 13.8 Å². The molecular weight excluding hydrogens is 148 g/mol. The van der Waals surface area contributed by atoms with E-state index >= 15 is 0 Å². The molecule has 0 saturated carbocycles. The molecule has 1 nitrogen and oxygen atoms in total. The molecule has 0 N–H and O–H groups in total. The number of unbranched alkanes of at least 4 members (excludes halogenated alkanes) is 1. The van der Waals surface area contributed by atoms with Gasteiger partial charge >= 0.3 is 0 Å². The van der Waals surface area contributed by atoms with Crippen molar-refractivity contribution in [2.24, 2.45) is 5.92 Å². The standard InChI is InChI=1S/C11H22O/c1-4-6-8-11(7-5-2)9-10(3)12/h11H,4-9H2,1-3H3. The van der Waals surface area contributed by atoms with Crippen molar-refractivity contribution in [1.29, 1.82) is 0 Å². The van der Waals surface area contributed by atoms with Gasteiger partial charge < -0.3 is 4.79 Å². The van der Waals surface area contributed by atoms with Gasteiger partial charge in [-0.05, 0) is 12.8 Å². The molecule has 0 fully saturated rings. The molecule has 0 bridgehead atoms. The monoisotopic (exact) mass is 170 g/mol. The molecule has 1 heteroatoms. The Bertz CT molecular complexity index is 118. The summed E-state index contributed by atoms with van der Waals surface area (Å²) in [7, 11) is 0. The topological polar surface area (TPSA) is 17.1 Å². The van der Waals surface area contributed by atoms with Crippen molar-refractivity contribution >= 4 is 5.78 Å². The SMILES string of the molecule is CCCCC(CCC)CC(C)=O. The highest BCUT2D eigenvalue weighted by Crippen LogP contribution is 2.18. The van der Waals surface area contributed by atoms with Crippen LogP contribution >= 0.6 is 0 Å². The van der Waals surface area contributed by atoms with Crippen LogP contribution < -0.4 is 0 Å². The van der Waals surface area contributed by atoms with Crippen molar-refractivity contribution in [2.75, 3.05) is 0 Å². The number of hydrogen-bond donors (Lipinski definition) is 0. The first-order chi connectivity index (χ1) is 5.70. The van der Waals surface area contributed by atoms with Crippen molar-refractivity contribution in [3.8, 4) is 0 Å². The van der Waals surface area contributed by atoms with Gasteiger partial charge in [-0.2, -0.15) is 0 Å². The van der Waals surface area contributed by atoms with Gasteiger partial charge in [0.15, 0.2) is 0 Å². The Morgan fingerprint density at radius 2 is 1.83 bits per heavy atom. The highest BCUT2D eigenvalue weighted by molar-refractivity contribution is 5.75. The summed E-state index contributed by atoms with van der Waals surface area (Å²) in [6, 6.07) is 0. The van der Waals surface area contributed by atoms with E-state index in [-0.39, 0.29) is 0 Å². The first-order valence-electron chi connectivity index (χ1n) is 5.20. The fourth-order valence-electron chi connectivity index (χ4n) is 1.66. The second-order valence-corrected chi connectivity index (χ2v) is 3.70. The Hall–Kier alpha value is -0.330. The molecular formula is C11H22O. The molecule has 0 spiro atoms. The molecule has 0 heterocycles. The number of rotatable bonds is 7. The van der Waals surface area contributed by atoms with E-state index < -0.39 is 0 Å². The molecule has 0 aromatic heterocycles. The Morgan fingerprint density at radius 1 is 1.17 bits per heavy atom. The molecule has 0 rings (SSSR count). The highest BCUT2D eigenvalue weighted by atomic mass is 16.1. The minimum absolute atomic E-state index is 0.351. The zero-order valence-corrected chi connectivity index (χ0v) is 8.73. The predicted octanol–water partition coefficient (Wildman–Crippen LogP) is 3.57. The molecule has 0 aliphatic heterocycles. The van der Waals surface area contributed by atoms with Gasteiger partial charge in [-0.15, -0.1) is 0 Å². The Kier molecular flexibility index (Phi) is 7.12. The van der Waals surface area contributed by atoms with Crippen molar-refractivity contribution in [1.82, 2.24) is 0 Å². The van der Waals surface area contributed by atoms with Crippen LogP contribution in [0.2, 0.25) is 0 Å². The van der Waals surface area contributed by atoms with Crippen LogP contribution in [0.1, 0.15) is 59.3 Å². The second-order valence-electron chi connectivity index (χ2n) is 3.70. The van der Waals surface area contributed by atoms with Crippen LogP contribution in [-0.4, -0.2) is 5.78 Å². The molecule has 72 valence electrons. The third-order valence-electron chi connectivity index (χ3n) is 2.24. The van der Waals surface area contributed by atoms with E-state index in [4.69, 9.17) is 0 Å². The summed E-state index contributed by atoms with van der Waals surface area (Å²) in [6.07, 6.45) is 7.00. The summed E-state index contributed by atoms with van der Waals surface area (Å²) < 4.78 is 0. The smallest absolute Gasteiger partial charge is 0.130 e. The molecule has 0 aromatic carbocycles.